The maximum Gasteiger partial charge on any atom is 0.317 e. The van der Waals surface area contributed by atoms with Gasteiger partial charge in [0.15, 0.2) is 0 Å². The predicted molar refractivity (Wildman–Crippen MR) is 97.8 cm³/mol. The molecule has 3 amide bonds. The van der Waals surface area contributed by atoms with Crippen molar-refractivity contribution in [3.63, 3.8) is 0 Å². The third kappa shape index (κ3) is 5.37. The van der Waals surface area contributed by atoms with Gasteiger partial charge in [-0.05, 0) is 31.4 Å². The number of nitrogens with zero attached hydrogens (tertiary/aromatic N) is 2. The van der Waals surface area contributed by atoms with E-state index in [1.807, 2.05) is 43.0 Å². The number of nitrogens with one attached hydrogen (secondary N) is 1. The smallest absolute Gasteiger partial charge is 0.317 e. The lowest BCUT2D eigenvalue weighted by atomic mass is 10.1. The molecule has 1 N–H and O–H groups in total. The number of hydrogen-bond acceptors (Lipinski definition) is 3. The van der Waals surface area contributed by atoms with Crippen LogP contribution in [0.4, 0.5) is 4.79 Å². The summed E-state index contributed by atoms with van der Waals surface area (Å²) >= 11 is 0. The van der Waals surface area contributed by atoms with E-state index < -0.39 is 0 Å². The summed E-state index contributed by atoms with van der Waals surface area (Å²) in [6.45, 7) is 6.40. The van der Waals surface area contributed by atoms with Gasteiger partial charge in [0.25, 0.3) is 0 Å². The number of carbonyl (C=O) groups is 2. The minimum absolute atomic E-state index is 0.0320. The van der Waals surface area contributed by atoms with Crippen molar-refractivity contribution in [2.75, 3.05) is 33.3 Å². The minimum atomic E-state index is -0.0320. The summed E-state index contributed by atoms with van der Waals surface area (Å²) in [5.74, 6) is 0.953. The summed E-state index contributed by atoms with van der Waals surface area (Å²) in [5, 5.41) is 2.97. The van der Waals surface area contributed by atoms with Crippen LogP contribution in [0.25, 0.3) is 0 Å². The number of piperazine rings is 1. The number of urea groups is 1. The van der Waals surface area contributed by atoms with E-state index in [9.17, 15) is 9.59 Å². The topological polar surface area (TPSA) is 61.9 Å². The Morgan fingerprint density at radius 1 is 1.16 bits per heavy atom. The lowest BCUT2D eigenvalue weighted by Crippen LogP contribution is -2.54. The van der Waals surface area contributed by atoms with Crippen molar-refractivity contribution in [3.8, 4) is 5.75 Å². The van der Waals surface area contributed by atoms with Gasteiger partial charge in [-0.2, -0.15) is 0 Å². The number of para-hydroxylation sites is 1. The predicted octanol–water partition coefficient (Wildman–Crippen LogP) is 2.28. The van der Waals surface area contributed by atoms with Crippen LogP contribution >= 0.6 is 0 Å². The molecule has 0 spiro atoms. The lowest BCUT2D eigenvalue weighted by Gasteiger charge is -2.35. The highest BCUT2D eigenvalue weighted by molar-refractivity contribution is 5.78. The van der Waals surface area contributed by atoms with E-state index >= 15 is 0 Å². The Morgan fingerprint density at radius 3 is 2.44 bits per heavy atom. The molecular weight excluding hydrogens is 318 g/mol. The second kappa shape index (κ2) is 9.30. The van der Waals surface area contributed by atoms with Gasteiger partial charge in [-0.1, -0.05) is 25.1 Å². The van der Waals surface area contributed by atoms with Gasteiger partial charge in [0.05, 0.1) is 7.11 Å². The first kappa shape index (κ1) is 19.1. The lowest BCUT2D eigenvalue weighted by molar-refractivity contribution is -0.132. The number of rotatable bonds is 6. The van der Waals surface area contributed by atoms with Crippen molar-refractivity contribution in [1.82, 2.24) is 15.1 Å². The van der Waals surface area contributed by atoms with E-state index in [1.54, 1.807) is 12.0 Å². The molecule has 1 heterocycles. The third-order valence-corrected chi connectivity index (χ3v) is 4.70. The van der Waals surface area contributed by atoms with Gasteiger partial charge in [0.1, 0.15) is 5.75 Å². The molecule has 0 aromatic heterocycles. The van der Waals surface area contributed by atoms with E-state index in [0.717, 1.165) is 17.7 Å². The Kier molecular flexibility index (Phi) is 7.10. The zero-order valence-electron chi connectivity index (χ0n) is 15.5. The molecule has 0 bridgehead atoms. The average molecular weight is 347 g/mol. The minimum Gasteiger partial charge on any atom is -0.496 e. The third-order valence-electron chi connectivity index (χ3n) is 4.70. The Morgan fingerprint density at radius 2 is 1.80 bits per heavy atom. The molecule has 6 heteroatoms. The molecule has 138 valence electrons. The molecule has 6 nitrogen and oxygen atoms in total. The van der Waals surface area contributed by atoms with Crippen molar-refractivity contribution in [3.05, 3.63) is 29.8 Å². The molecule has 1 unspecified atom stereocenters. The molecule has 1 fully saturated rings. The normalized spacial score (nSPS) is 15.6. The maximum atomic E-state index is 12.4. The van der Waals surface area contributed by atoms with Crippen LogP contribution in [0, 0.1) is 0 Å². The first-order valence-corrected chi connectivity index (χ1v) is 9.00. The van der Waals surface area contributed by atoms with E-state index in [2.05, 4.69) is 5.32 Å². The Balaban J connectivity index is 1.78. The highest BCUT2D eigenvalue weighted by Crippen LogP contribution is 2.19. The number of aryl methyl sites for hydroxylation is 1. The van der Waals surface area contributed by atoms with Crippen LogP contribution in [-0.4, -0.2) is 61.1 Å². The number of benzene rings is 1. The van der Waals surface area contributed by atoms with Crippen LogP contribution in [0.5, 0.6) is 5.75 Å². The van der Waals surface area contributed by atoms with Gasteiger partial charge < -0.3 is 19.9 Å². The molecule has 1 aromatic rings. The molecule has 0 radical (unpaired) electrons. The van der Waals surface area contributed by atoms with Crippen LogP contribution in [0.2, 0.25) is 0 Å². The van der Waals surface area contributed by atoms with Crippen molar-refractivity contribution >= 4 is 11.9 Å². The number of carbonyl (C=O) groups excluding carboxylic acids is 2. The zero-order chi connectivity index (χ0) is 18.2. The molecule has 1 atom stereocenters. The Bertz CT molecular complexity index is 583. The summed E-state index contributed by atoms with van der Waals surface area (Å²) in [4.78, 5) is 28.2. The maximum absolute atomic E-state index is 12.4. The van der Waals surface area contributed by atoms with Gasteiger partial charge in [-0.15, -0.1) is 0 Å². The second-order valence-electron chi connectivity index (χ2n) is 6.44. The second-order valence-corrected chi connectivity index (χ2v) is 6.44. The average Bonchev–Trinajstić information content (AvgIpc) is 2.66. The largest absolute Gasteiger partial charge is 0.496 e. The van der Waals surface area contributed by atoms with Gasteiger partial charge in [0, 0.05) is 38.6 Å². The van der Waals surface area contributed by atoms with Gasteiger partial charge in [0.2, 0.25) is 5.91 Å². The quantitative estimate of drug-likeness (QED) is 0.859. The highest BCUT2D eigenvalue weighted by Gasteiger charge is 2.24. The SMILES string of the molecule is CCC(C)NC(=O)N1CCN(C(=O)CCc2ccccc2OC)CC1. The Hall–Kier alpha value is -2.24. The van der Waals surface area contributed by atoms with E-state index in [0.29, 0.717) is 39.0 Å². The van der Waals surface area contributed by atoms with Crippen molar-refractivity contribution in [2.24, 2.45) is 0 Å². The van der Waals surface area contributed by atoms with Crippen LogP contribution in [0.1, 0.15) is 32.3 Å². The fraction of sp³-hybridized carbons (Fsp3) is 0.579. The number of hydrogen-bond donors (Lipinski definition) is 1. The van der Waals surface area contributed by atoms with E-state index in [4.69, 9.17) is 4.74 Å². The van der Waals surface area contributed by atoms with Gasteiger partial charge in [-0.3, -0.25) is 4.79 Å². The number of amides is 3. The van der Waals surface area contributed by atoms with E-state index in [-0.39, 0.29) is 18.0 Å². The standard InChI is InChI=1S/C19H29N3O3/c1-4-15(2)20-19(24)22-13-11-21(12-14-22)18(23)10-9-16-7-5-6-8-17(16)25-3/h5-8,15H,4,9-14H2,1-3H3,(H,20,24). The fourth-order valence-electron chi connectivity index (χ4n) is 2.87. The van der Waals surface area contributed by atoms with E-state index in [1.165, 1.54) is 0 Å². The molecule has 1 aromatic carbocycles. The molecule has 1 aliphatic heterocycles. The molecular formula is C19H29N3O3. The van der Waals surface area contributed by atoms with Crippen molar-refractivity contribution in [2.45, 2.75) is 39.2 Å². The summed E-state index contributed by atoms with van der Waals surface area (Å²) in [6.07, 6.45) is 2.03. The van der Waals surface area contributed by atoms with Gasteiger partial charge in [-0.25, -0.2) is 4.79 Å². The molecule has 2 rings (SSSR count). The molecule has 25 heavy (non-hydrogen) atoms. The summed E-state index contributed by atoms with van der Waals surface area (Å²) in [6, 6.07) is 7.92. The summed E-state index contributed by atoms with van der Waals surface area (Å²) < 4.78 is 5.33. The highest BCUT2D eigenvalue weighted by atomic mass is 16.5. The summed E-state index contributed by atoms with van der Waals surface area (Å²) in [5.41, 5.74) is 1.05. The van der Waals surface area contributed by atoms with Crippen LogP contribution in [0.3, 0.4) is 0 Å². The Labute approximate surface area is 150 Å². The van der Waals surface area contributed by atoms with Crippen molar-refractivity contribution < 1.29 is 14.3 Å². The molecule has 1 aliphatic rings. The van der Waals surface area contributed by atoms with Crippen molar-refractivity contribution in [1.29, 1.82) is 0 Å². The molecule has 1 saturated heterocycles. The monoisotopic (exact) mass is 347 g/mol. The first-order valence-electron chi connectivity index (χ1n) is 9.00. The van der Waals surface area contributed by atoms with Crippen LogP contribution in [0.15, 0.2) is 24.3 Å². The zero-order valence-corrected chi connectivity index (χ0v) is 15.5. The van der Waals surface area contributed by atoms with Crippen LogP contribution < -0.4 is 10.1 Å². The fourth-order valence-corrected chi connectivity index (χ4v) is 2.87. The molecule has 0 saturated carbocycles. The number of ether oxygens (including phenoxy) is 1. The first-order chi connectivity index (χ1) is 12.0. The molecule has 0 aliphatic carbocycles. The summed E-state index contributed by atoms with van der Waals surface area (Å²) in [7, 11) is 1.64. The van der Waals surface area contributed by atoms with Gasteiger partial charge >= 0.3 is 6.03 Å². The van der Waals surface area contributed by atoms with Crippen LogP contribution in [-0.2, 0) is 11.2 Å². The number of methoxy groups -OCH3 is 1.